The number of carbonyl (C=O) groups excluding carboxylic acids is 1. The fourth-order valence-corrected chi connectivity index (χ4v) is 1.81. The Labute approximate surface area is 83.3 Å². The third-order valence-corrected chi connectivity index (χ3v) is 2.64. The zero-order valence-electron chi connectivity index (χ0n) is 8.36. The molecule has 1 atom stereocenters. The normalized spacial score (nSPS) is 21.4. The molecule has 0 radical (unpaired) electrons. The van der Waals surface area contributed by atoms with Crippen LogP contribution >= 0.6 is 0 Å². The molecule has 0 aromatic carbocycles. The SMILES string of the molecule is Cn1ccc(CC(=O)C2CCNC2)n1. The van der Waals surface area contributed by atoms with Gasteiger partial charge in [0.25, 0.3) is 0 Å². The highest BCUT2D eigenvalue weighted by Gasteiger charge is 2.22. The van der Waals surface area contributed by atoms with Crippen molar-refractivity contribution in [1.82, 2.24) is 15.1 Å². The lowest BCUT2D eigenvalue weighted by Gasteiger charge is -2.04. The van der Waals surface area contributed by atoms with E-state index in [-0.39, 0.29) is 5.92 Å². The van der Waals surface area contributed by atoms with Crippen LogP contribution in [0.15, 0.2) is 12.3 Å². The van der Waals surface area contributed by atoms with Gasteiger partial charge in [0.1, 0.15) is 5.78 Å². The largest absolute Gasteiger partial charge is 0.316 e. The average Bonchev–Trinajstić information content (AvgIpc) is 2.75. The molecule has 2 heterocycles. The van der Waals surface area contributed by atoms with Crippen molar-refractivity contribution in [3.05, 3.63) is 18.0 Å². The molecule has 0 bridgehead atoms. The first-order valence-electron chi connectivity index (χ1n) is 4.97. The van der Waals surface area contributed by atoms with Crippen LogP contribution in [0, 0.1) is 5.92 Å². The molecular formula is C10H15N3O. The predicted molar refractivity (Wildman–Crippen MR) is 52.9 cm³/mol. The summed E-state index contributed by atoms with van der Waals surface area (Å²) in [7, 11) is 1.87. The van der Waals surface area contributed by atoms with E-state index < -0.39 is 0 Å². The van der Waals surface area contributed by atoms with Crippen LogP contribution in [0.4, 0.5) is 0 Å². The van der Waals surface area contributed by atoms with Crippen molar-refractivity contribution in [2.45, 2.75) is 12.8 Å². The highest BCUT2D eigenvalue weighted by atomic mass is 16.1. The molecule has 4 nitrogen and oxygen atoms in total. The Balaban J connectivity index is 1.93. The van der Waals surface area contributed by atoms with Gasteiger partial charge in [-0.05, 0) is 19.0 Å². The molecule has 1 saturated heterocycles. The van der Waals surface area contributed by atoms with Gasteiger partial charge >= 0.3 is 0 Å². The summed E-state index contributed by atoms with van der Waals surface area (Å²) < 4.78 is 1.73. The lowest BCUT2D eigenvalue weighted by atomic mass is 10.00. The van der Waals surface area contributed by atoms with E-state index in [0.29, 0.717) is 12.2 Å². The molecule has 1 unspecified atom stereocenters. The number of rotatable bonds is 3. The van der Waals surface area contributed by atoms with Gasteiger partial charge in [-0.1, -0.05) is 0 Å². The number of Topliss-reactive ketones (excluding diaryl/α,β-unsaturated/α-hetero) is 1. The van der Waals surface area contributed by atoms with E-state index in [2.05, 4.69) is 10.4 Å². The Morgan fingerprint density at radius 3 is 3.21 bits per heavy atom. The van der Waals surface area contributed by atoms with Crippen molar-refractivity contribution in [3.8, 4) is 0 Å². The summed E-state index contributed by atoms with van der Waals surface area (Å²) in [5, 5.41) is 7.40. The fraction of sp³-hybridized carbons (Fsp3) is 0.600. The minimum Gasteiger partial charge on any atom is -0.316 e. The van der Waals surface area contributed by atoms with Crippen LogP contribution in [0.3, 0.4) is 0 Å². The van der Waals surface area contributed by atoms with Gasteiger partial charge in [-0.3, -0.25) is 9.48 Å². The van der Waals surface area contributed by atoms with Gasteiger partial charge in [-0.15, -0.1) is 0 Å². The van der Waals surface area contributed by atoms with E-state index in [1.807, 2.05) is 19.3 Å². The molecule has 4 heteroatoms. The summed E-state index contributed by atoms with van der Waals surface area (Å²) in [6.45, 7) is 1.81. The summed E-state index contributed by atoms with van der Waals surface area (Å²) in [6.07, 6.45) is 3.33. The molecule has 76 valence electrons. The van der Waals surface area contributed by atoms with Gasteiger partial charge in [0.15, 0.2) is 0 Å². The first kappa shape index (κ1) is 9.40. The second-order valence-corrected chi connectivity index (χ2v) is 3.81. The Morgan fingerprint density at radius 2 is 2.64 bits per heavy atom. The lowest BCUT2D eigenvalue weighted by molar-refractivity contribution is -0.121. The van der Waals surface area contributed by atoms with Crippen molar-refractivity contribution in [1.29, 1.82) is 0 Å². The monoisotopic (exact) mass is 193 g/mol. The number of ketones is 1. The molecule has 0 spiro atoms. The molecule has 0 saturated carbocycles. The van der Waals surface area contributed by atoms with E-state index in [9.17, 15) is 4.79 Å². The molecule has 1 N–H and O–H groups in total. The van der Waals surface area contributed by atoms with Gasteiger partial charge in [0, 0.05) is 25.7 Å². The maximum Gasteiger partial charge on any atom is 0.143 e. The molecule has 1 aliphatic heterocycles. The highest BCUT2D eigenvalue weighted by molar-refractivity contribution is 5.83. The number of hydrogen-bond acceptors (Lipinski definition) is 3. The van der Waals surface area contributed by atoms with Crippen LogP contribution in [0.5, 0.6) is 0 Å². The number of aryl methyl sites for hydroxylation is 1. The van der Waals surface area contributed by atoms with Crippen LogP contribution in [-0.4, -0.2) is 28.7 Å². The summed E-state index contributed by atoms with van der Waals surface area (Å²) in [6, 6.07) is 1.90. The molecule has 1 fully saturated rings. The summed E-state index contributed by atoms with van der Waals surface area (Å²) >= 11 is 0. The summed E-state index contributed by atoms with van der Waals surface area (Å²) in [5.74, 6) is 0.519. The van der Waals surface area contributed by atoms with Crippen LogP contribution in [-0.2, 0) is 18.3 Å². The number of nitrogens with zero attached hydrogens (tertiary/aromatic N) is 2. The third-order valence-electron chi connectivity index (χ3n) is 2.64. The van der Waals surface area contributed by atoms with Gasteiger partial charge in [-0.2, -0.15) is 5.10 Å². The second-order valence-electron chi connectivity index (χ2n) is 3.81. The van der Waals surface area contributed by atoms with E-state index in [1.165, 1.54) is 0 Å². The molecule has 1 aromatic rings. The standard InChI is InChI=1S/C10H15N3O/c1-13-5-3-9(12-13)6-10(14)8-2-4-11-7-8/h3,5,8,11H,2,4,6-7H2,1H3. The zero-order chi connectivity index (χ0) is 9.97. The molecule has 1 aromatic heterocycles. The quantitative estimate of drug-likeness (QED) is 0.743. The highest BCUT2D eigenvalue weighted by Crippen LogP contribution is 2.11. The van der Waals surface area contributed by atoms with Crippen LogP contribution < -0.4 is 5.32 Å². The Morgan fingerprint density at radius 1 is 1.79 bits per heavy atom. The molecule has 2 rings (SSSR count). The minimum absolute atomic E-state index is 0.206. The van der Waals surface area contributed by atoms with Gasteiger partial charge in [0.05, 0.1) is 12.1 Å². The number of nitrogens with one attached hydrogen (secondary N) is 1. The molecule has 1 aliphatic rings. The van der Waals surface area contributed by atoms with Crippen LogP contribution in [0.1, 0.15) is 12.1 Å². The lowest BCUT2D eigenvalue weighted by Crippen LogP contribution is -2.19. The Bertz CT molecular complexity index is 326. The number of carbonyl (C=O) groups is 1. The molecule has 0 aliphatic carbocycles. The first-order valence-corrected chi connectivity index (χ1v) is 4.97. The van der Waals surface area contributed by atoms with E-state index in [1.54, 1.807) is 4.68 Å². The Hall–Kier alpha value is -1.16. The smallest absolute Gasteiger partial charge is 0.143 e. The first-order chi connectivity index (χ1) is 6.75. The number of hydrogen-bond donors (Lipinski definition) is 1. The van der Waals surface area contributed by atoms with Crippen molar-refractivity contribution >= 4 is 5.78 Å². The van der Waals surface area contributed by atoms with E-state index in [4.69, 9.17) is 0 Å². The van der Waals surface area contributed by atoms with E-state index in [0.717, 1.165) is 25.2 Å². The number of aromatic nitrogens is 2. The second kappa shape index (κ2) is 3.92. The average molecular weight is 193 g/mol. The van der Waals surface area contributed by atoms with E-state index >= 15 is 0 Å². The maximum absolute atomic E-state index is 11.7. The van der Waals surface area contributed by atoms with Gasteiger partial charge in [-0.25, -0.2) is 0 Å². The summed E-state index contributed by atoms with van der Waals surface area (Å²) in [5.41, 5.74) is 0.879. The van der Waals surface area contributed by atoms with Crippen molar-refractivity contribution in [2.24, 2.45) is 13.0 Å². The fourth-order valence-electron chi connectivity index (χ4n) is 1.81. The van der Waals surface area contributed by atoms with Crippen LogP contribution in [0.2, 0.25) is 0 Å². The Kier molecular flexibility index (Phi) is 2.63. The third kappa shape index (κ3) is 2.01. The molecule has 0 amide bonds. The molecular weight excluding hydrogens is 178 g/mol. The minimum atomic E-state index is 0.206. The van der Waals surface area contributed by atoms with Gasteiger partial charge < -0.3 is 5.32 Å². The van der Waals surface area contributed by atoms with Crippen LogP contribution in [0.25, 0.3) is 0 Å². The van der Waals surface area contributed by atoms with Crippen molar-refractivity contribution in [2.75, 3.05) is 13.1 Å². The maximum atomic E-state index is 11.7. The topological polar surface area (TPSA) is 46.9 Å². The van der Waals surface area contributed by atoms with Crippen molar-refractivity contribution < 1.29 is 4.79 Å². The van der Waals surface area contributed by atoms with Gasteiger partial charge in [0.2, 0.25) is 0 Å². The zero-order valence-corrected chi connectivity index (χ0v) is 8.36. The van der Waals surface area contributed by atoms with Crippen molar-refractivity contribution in [3.63, 3.8) is 0 Å². The summed E-state index contributed by atoms with van der Waals surface area (Å²) in [4.78, 5) is 11.7. The molecule has 14 heavy (non-hydrogen) atoms. The predicted octanol–water partition coefficient (Wildman–Crippen LogP) is 0.141.